The molecule has 3 aromatic carbocycles. The molecule has 4 aromatic rings. The molecule has 0 bridgehead atoms. The number of methoxy groups -OCH3 is 1. The number of hydrogen-bond acceptors (Lipinski definition) is 5. The Morgan fingerprint density at radius 1 is 1.03 bits per heavy atom. The maximum absolute atomic E-state index is 12.2. The molecule has 0 unspecified atom stereocenters. The third-order valence-electron chi connectivity index (χ3n) is 5.14. The molecule has 34 heavy (non-hydrogen) atoms. The highest BCUT2D eigenvalue weighted by atomic mass is 35.5. The maximum atomic E-state index is 12.2. The second-order valence-corrected chi connectivity index (χ2v) is 8.85. The van der Waals surface area contributed by atoms with Crippen LogP contribution in [-0.2, 0) is 0 Å². The number of amidine groups is 1. The molecule has 168 valence electrons. The van der Waals surface area contributed by atoms with Gasteiger partial charge in [-0.05, 0) is 66.4 Å². The molecule has 0 aliphatic carbocycles. The van der Waals surface area contributed by atoms with E-state index >= 15 is 0 Å². The molecule has 2 heterocycles. The van der Waals surface area contributed by atoms with Crippen LogP contribution in [0.5, 0.6) is 5.75 Å². The van der Waals surface area contributed by atoms with Crippen molar-refractivity contribution in [2.45, 2.75) is 0 Å². The monoisotopic (exact) mass is 486 g/mol. The third-order valence-corrected chi connectivity index (χ3v) is 6.21. The van der Waals surface area contributed by atoms with Crippen molar-refractivity contribution in [1.29, 1.82) is 0 Å². The highest BCUT2D eigenvalue weighted by Gasteiger charge is 2.25. The molecule has 0 atom stereocenters. The van der Waals surface area contributed by atoms with E-state index in [4.69, 9.17) is 21.4 Å². The van der Waals surface area contributed by atoms with Crippen LogP contribution < -0.4 is 10.1 Å². The lowest BCUT2D eigenvalue weighted by Gasteiger charge is -2.02. The minimum absolute atomic E-state index is 0.179. The van der Waals surface area contributed by atoms with Gasteiger partial charge in [-0.2, -0.15) is 5.10 Å². The Morgan fingerprint density at radius 2 is 1.76 bits per heavy atom. The standard InChI is InChI=1S/C26H19ClN4O2S/c1-33-22-13-11-20(12-14-22)28-25-23(34-26(32)29-25)15-18-16-31(21-5-3-2-4-6-21)30-24(18)17-7-9-19(27)10-8-17/h2-16H,1H3,(H,28,29,32). The predicted molar refractivity (Wildman–Crippen MR) is 138 cm³/mol. The van der Waals surface area contributed by atoms with Gasteiger partial charge in [0, 0.05) is 22.3 Å². The number of para-hydroxylation sites is 1. The van der Waals surface area contributed by atoms with Gasteiger partial charge in [-0.3, -0.25) is 4.79 Å². The van der Waals surface area contributed by atoms with Crippen LogP contribution in [0.15, 0.2) is 95.0 Å². The minimum Gasteiger partial charge on any atom is -0.497 e. The number of ether oxygens (including phenoxy) is 1. The highest BCUT2D eigenvalue weighted by Crippen LogP contribution is 2.33. The van der Waals surface area contributed by atoms with Crippen LogP contribution in [0.2, 0.25) is 5.02 Å². The first-order valence-corrected chi connectivity index (χ1v) is 11.6. The molecule has 1 amide bonds. The fraction of sp³-hybridized carbons (Fsp3) is 0.0385. The van der Waals surface area contributed by atoms with Crippen LogP contribution in [-0.4, -0.2) is 28.0 Å². The number of hydrogen-bond donors (Lipinski definition) is 1. The summed E-state index contributed by atoms with van der Waals surface area (Å²) in [6, 6.07) is 24.7. The van der Waals surface area contributed by atoms with Crippen molar-refractivity contribution in [2.75, 3.05) is 7.11 Å². The number of rotatable bonds is 5. The zero-order valence-electron chi connectivity index (χ0n) is 18.1. The van der Waals surface area contributed by atoms with Gasteiger partial charge in [-0.1, -0.05) is 41.9 Å². The summed E-state index contributed by atoms with van der Waals surface area (Å²) in [6.07, 6.45) is 3.88. The molecule has 0 spiro atoms. The maximum Gasteiger partial charge on any atom is 0.289 e. The van der Waals surface area contributed by atoms with Gasteiger partial charge in [0.15, 0.2) is 0 Å². The van der Waals surface area contributed by atoms with Crippen molar-refractivity contribution in [3.05, 3.63) is 101 Å². The number of benzene rings is 3. The molecule has 1 aliphatic heterocycles. The van der Waals surface area contributed by atoms with Crippen molar-refractivity contribution < 1.29 is 9.53 Å². The number of aliphatic imine (C=N–C) groups is 1. The molecule has 8 heteroatoms. The molecule has 1 N–H and O–H groups in total. The van der Waals surface area contributed by atoms with E-state index in [-0.39, 0.29) is 5.24 Å². The van der Waals surface area contributed by atoms with Crippen LogP contribution >= 0.6 is 23.4 Å². The zero-order chi connectivity index (χ0) is 23.5. The Labute approximate surface area is 205 Å². The lowest BCUT2D eigenvalue weighted by atomic mass is 10.1. The van der Waals surface area contributed by atoms with E-state index in [0.29, 0.717) is 21.5 Å². The molecular formula is C26H19ClN4O2S. The van der Waals surface area contributed by atoms with E-state index < -0.39 is 0 Å². The number of nitrogens with one attached hydrogen (secondary N) is 1. The Balaban J connectivity index is 1.58. The van der Waals surface area contributed by atoms with E-state index in [0.717, 1.165) is 40.0 Å². The summed E-state index contributed by atoms with van der Waals surface area (Å²) in [4.78, 5) is 17.6. The second kappa shape index (κ2) is 9.59. The summed E-state index contributed by atoms with van der Waals surface area (Å²) in [5.41, 5.74) is 4.19. The van der Waals surface area contributed by atoms with Crippen LogP contribution in [0.1, 0.15) is 5.56 Å². The number of aromatic nitrogens is 2. The third kappa shape index (κ3) is 4.76. The minimum atomic E-state index is -0.179. The fourth-order valence-corrected chi connectivity index (χ4v) is 4.33. The highest BCUT2D eigenvalue weighted by molar-refractivity contribution is 8.18. The van der Waals surface area contributed by atoms with E-state index in [1.54, 1.807) is 7.11 Å². The Morgan fingerprint density at radius 3 is 2.47 bits per heavy atom. The zero-order valence-corrected chi connectivity index (χ0v) is 19.7. The molecule has 0 saturated carbocycles. The lowest BCUT2D eigenvalue weighted by Crippen LogP contribution is -2.18. The number of amides is 1. The SMILES string of the molecule is COc1ccc(N=C2NC(=O)SC2=Cc2cn(-c3ccccc3)nc2-c2ccc(Cl)cc2)cc1. The van der Waals surface area contributed by atoms with E-state index in [1.807, 2.05) is 95.8 Å². The first-order valence-electron chi connectivity index (χ1n) is 10.4. The van der Waals surface area contributed by atoms with Crippen LogP contribution in [0, 0.1) is 0 Å². The molecule has 6 nitrogen and oxygen atoms in total. The quantitative estimate of drug-likeness (QED) is 0.339. The van der Waals surface area contributed by atoms with E-state index in [9.17, 15) is 4.79 Å². The predicted octanol–water partition coefficient (Wildman–Crippen LogP) is 6.73. The molecule has 0 radical (unpaired) electrons. The van der Waals surface area contributed by atoms with Gasteiger partial charge in [0.2, 0.25) is 0 Å². The fourth-order valence-electron chi connectivity index (χ4n) is 3.48. The topological polar surface area (TPSA) is 68.5 Å². The van der Waals surface area contributed by atoms with Crippen molar-refractivity contribution >= 4 is 46.2 Å². The summed E-state index contributed by atoms with van der Waals surface area (Å²) in [5, 5.41) is 8.14. The summed E-state index contributed by atoms with van der Waals surface area (Å²) < 4.78 is 7.03. The Hall–Kier alpha value is -3.81. The molecular weight excluding hydrogens is 468 g/mol. The summed E-state index contributed by atoms with van der Waals surface area (Å²) >= 11 is 7.20. The van der Waals surface area contributed by atoms with Crippen molar-refractivity contribution in [2.24, 2.45) is 4.99 Å². The number of carbonyl (C=O) groups is 1. The van der Waals surface area contributed by atoms with Crippen molar-refractivity contribution in [3.63, 3.8) is 0 Å². The molecule has 1 fully saturated rings. The Kier molecular flexibility index (Phi) is 6.20. The van der Waals surface area contributed by atoms with Gasteiger partial charge in [-0.25, -0.2) is 9.67 Å². The van der Waals surface area contributed by atoms with Crippen LogP contribution in [0.25, 0.3) is 23.0 Å². The average molecular weight is 487 g/mol. The average Bonchev–Trinajstić information content (AvgIpc) is 3.44. The second-order valence-electron chi connectivity index (χ2n) is 7.40. The Bertz CT molecular complexity index is 1400. The van der Waals surface area contributed by atoms with Gasteiger partial charge in [0.25, 0.3) is 5.24 Å². The number of carbonyl (C=O) groups excluding carboxylic acids is 1. The molecule has 1 saturated heterocycles. The summed E-state index contributed by atoms with van der Waals surface area (Å²) in [6.45, 7) is 0. The van der Waals surface area contributed by atoms with E-state index in [2.05, 4.69) is 10.3 Å². The largest absolute Gasteiger partial charge is 0.497 e. The number of halogens is 1. The van der Waals surface area contributed by atoms with Crippen LogP contribution in [0.4, 0.5) is 10.5 Å². The first kappa shape index (κ1) is 22.0. The smallest absolute Gasteiger partial charge is 0.289 e. The molecule has 5 rings (SSSR count). The summed E-state index contributed by atoms with van der Waals surface area (Å²) in [5.74, 6) is 1.24. The van der Waals surface area contributed by atoms with E-state index in [1.165, 1.54) is 0 Å². The van der Waals surface area contributed by atoms with Crippen molar-refractivity contribution in [3.8, 4) is 22.7 Å². The van der Waals surface area contributed by atoms with Gasteiger partial charge in [0.05, 0.1) is 29.1 Å². The normalized spacial score (nSPS) is 15.6. The van der Waals surface area contributed by atoms with Crippen molar-refractivity contribution in [1.82, 2.24) is 15.1 Å². The number of thioether (sulfide) groups is 1. The van der Waals surface area contributed by atoms with Gasteiger partial charge < -0.3 is 10.1 Å². The van der Waals surface area contributed by atoms with Gasteiger partial charge in [-0.15, -0.1) is 0 Å². The molecule has 1 aliphatic rings. The number of nitrogens with zero attached hydrogens (tertiary/aromatic N) is 3. The van der Waals surface area contributed by atoms with Gasteiger partial charge >= 0.3 is 0 Å². The molecule has 1 aromatic heterocycles. The van der Waals surface area contributed by atoms with Gasteiger partial charge in [0.1, 0.15) is 11.6 Å². The van der Waals surface area contributed by atoms with Crippen LogP contribution in [0.3, 0.4) is 0 Å². The summed E-state index contributed by atoms with van der Waals surface area (Å²) in [7, 11) is 1.61. The lowest BCUT2D eigenvalue weighted by molar-refractivity contribution is 0.265. The first-order chi connectivity index (χ1) is 16.6.